The van der Waals surface area contributed by atoms with Crippen molar-refractivity contribution in [2.75, 3.05) is 11.9 Å². The fourth-order valence-electron chi connectivity index (χ4n) is 1.88. The number of hydrogen-bond donors (Lipinski definition) is 2. The summed E-state index contributed by atoms with van der Waals surface area (Å²) >= 11 is 0. The van der Waals surface area contributed by atoms with E-state index in [0.29, 0.717) is 24.6 Å². The molecular weight excluding hydrogens is 264 g/mol. The molecule has 0 bridgehead atoms. The van der Waals surface area contributed by atoms with Crippen LogP contribution in [0.25, 0.3) is 0 Å². The van der Waals surface area contributed by atoms with E-state index < -0.39 is 0 Å². The Bertz CT molecular complexity index is 595. The van der Waals surface area contributed by atoms with Crippen molar-refractivity contribution in [1.82, 2.24) is 15.3 Å². The summed E-state index contributed by atoms with van der Waals surface area (Å²) < 4.78 is 0. The van der Waals surface area contributed by atoms with Crippen LogP contribution >= 0.6 is 0 Å². The van der Waals surface area contributed by atoms with Gasteiger partial charge in [0.15, 0.2) is 0 Å². The lowest BCUT2D eigenvalue weighted by atomic mass is 10.1. The van der Waals surface area contributed by atoms with Gasteiger partial charge in [0.1, 0.15) is 0 Å². The summed E-state index contributed by atoms with van der Waals surface area (Å²) in [7, 11) is 0. The molecule has 5 heteroatoms. The zero-order valence-electron chi connectivity index (χ0n) is 12.4. The van der Waals surface area contributed by atoms with Gasteiger partial charge < -0.3 is 10.6 Å². The summed E-state index contributed by atoms with van der Waals surface area (Å²) in [4.78, 5) is 20.0. The van der Waals surface area contributed by atoms with Crippen LogP contribution in [0.4, 0.5) is 5.95 Å². The number of benzene rings is 1. The third kappa shape index (κ3) is 4.56. The molecule has 1 heterocycles. The summed E-state index contributed by atoms with van der Waals surface area (Å²) in [6, 6.07) is 8.24. The second kappa shape index (κ2) is 7.38. The maximum Gasteiger partial charge on any atom is 0.254 e. The normalized spacial score (nSPS) is 10.2. The Morgan fingerprint density at radius 2 is 2.00 bits per heavy atom. The molecule has 1 aromatic carbocycles. The molecule has 110 valence electrons. The Morgan fingerprint density at radius 3 is 2.67 bits per heavy atom. The highest BCUT2D eigenvalue weighted by atomic mass is 16.1. The number of anilines is 1. The molecule has 0 aliphatic carbocycles. The third-order valence-corrected chi connectivity index (χ3v) is 2.98. The van der Waals surface area contributed by atoms with Crippen LogP contribution in [0.2, 0.25) is 0 Å². The second-order valence-corrected chi connectivity index (χ2v) is 4.89. The van der Waals surface area contributed by atoms with Crippen molar-refractivity contribution in [2.24, 2.45) is 0 Å². The fraction of sp³-hybridized carbons (Fsp3) is 0.312. The molecule has 0 fully saturated rings. The molecule has 2 rings (SSSR count). The largest absolute Gasteiger partial charge is 0.352 e. The molecule has 1 amide bonds. The average Bonchev–Trinajstić information content (AvgIpc) is 2.51. The van der Waals surface area contributed by atoms with Crippen molar-refractivity contribution in [1.29, 1.82) is 0 Å². The van der Waals surface area contributed by atoms with E-state index in [1.54, 1.807) is 0 Å². The van der Waals surface area contributed by atoms with E-state index in [1.165, 1.54) is 23.5 Å². The van der Waals surface area contributed by atoms with Gasteiger partial charge >= 0.3 is 0 Å². The molecule has 2 N–H and O–H groups in total. The smallest absolute Gasteiger partial charge is 0.254 e. The molecule has 0 atom stereocenters. The van der Waals surface area contributed by atoms with Crippen LogP contribution < -0.4 is 10.6 Å². The van der Waals surface area contributed by atoms with Crippen LogP contribution in [-0.4, -0.2) is 22.4 Å². The van der Waals surface area contributed by atoms with Crippen molar-refractivity contribution in [3.8, 4) is 0 Å². The fourth-order valence-corrected chi connectivity index (χ4v) is 1.88. The number of hydrogen-bond acceptors (Lipinski definition) is 4. The van der Waals surface area contributed by atoms with Gasteiger partial charge in [-0.05, 0) is 18.9 Å². The lowest BCUT2D eigenvalue weighted by molar-refractivity contribution is 0.0953. The number of aryl methyl sites for hydroxylation is 1. The Hall–Kier alpha value is -2.43. The lowest BCUT2D eigenvalue weighted by Crippen LogP contribution is -2.24. The number of carbonyl (C=O) groups excluding carboxylic acids is 1. The standard InChI is InChI=1S/C16H20N4O/c1-3-7-17-15(21)14-10-19-16(20-11-14)18-9-13-6-4-5-12(2)8-13/h4-6,8,10-11H,3,7,9H2,1-2H3,(H,17,21)(H,18,19,20). The van der Waals surface area contributed by atoms with Crippen LogP contribution in [0.15, 0.2) is 36.7 Å². The van der Waals surface area contributed by atoms with Gasteiger partial charge in [-0.3, -0.25) is 4.79 Å². The first-order valence-electron chi connectivity index (χ1n) is 7.08. The molecule has 0 spiro atoms. The molecular formula is C16H20N4O. The van der Waals surface area contributed by atoms with E-state index in [2.05, 4.69) is 39.7 Å². The van der Waals surface area contributed by atoms with Crippen LogP contribution in [-0.2, 0) is 6.54 Å². The predicted molar refractivity (Wildman–Crippen MR) is 83.2 cm³/mol. The van der Waals surface area contributed by atoms with Gasteiger partial charge in [0, 0.05) is 25.5 Å². The first-order valence-corrected chi connectivity index (χ1v) is 7.08. The highest BCUT2D eigenvalue weighted by Gasteiger charge is 2.05. The van der Waals surface area contributed by atoms with Gasteiger partial charge in [0.2, 0.25) is 5.95 Å². The van der Waals surface area contributed by atoms with Gasteiger partial charge in [0.25, 0.3) is 5.91 Å². The van der Waals surface area contributed by atoms with Crippen LogP contribution in [0.5, 0.6) is 0 Å². The zero-order chi connectivity index (χ0) is 15.1. The van der Waals surface area contributed by atoms with Crippen molar-refractivity contribution in [3.63, 3.8) is 0 Å². The predicted octanol–water partition coefficient (Wildman–Crippen LogP) is 2.54. The van der Waals surface area contributed by atoms with E-state index in [1.807, 2.05) is 19.1 Å². The quantitative estimate of drug-likeness (QED) is 0.855. The summed E-state index contributed by atoms with van der Waals surface area (Å²) in [5, 5.41) is 5.94. The maximum atomic E-state index is 11.7. The SMILES string of the molecule is CCCNC(=O)c1cnc(NCc2cccc(C)c2)nc1. The summed E-state index contributed by atoms with van der Waals surface area (Å²) in [6.07, 6.45) is 3.98. The van der Waals surface area contributed by atoms with E-state index >= 15 is 0 Å². The van der Waals surface area contributed by atoms with Crippen molar-refractivity contribution in [3.05, 3.63) is 53.3 Å². The third-order valence-electron chi connectivity index (χ3n) is 2.98. The molecule has 1 aromatic heterocycles. The topological polar surface area (TPSA) is 66.9 Å². The number of aromatic nitrogens is 2. The van der Waals surface area contributed by atoms with Crippen LogP contribution in [0.1, 0.15) is 34.8 Å². The molecule has 0 saturated carbocycles. The van der Waals surface area contributed by atoms with Gasteiger partial charge in [0.05, 0.1) is 5.56 Å². The number of carbonyl (C=O) groups is 1. The monoisotopic (exact) mass is 284 g/mol. The second-order valence-electron chi connectivity index (χ2n) is 4.89. The number of nitrogens with zero attached hydrogens (tertiary/aromatic N) is 2. The number of amides is 1. The Morgan fingerprint density at radius 1 is 1.24 bits per heavy atom. The molecule has 0 radical (unpaired) electrons. The van der Waals surface area contributed by atoms with E-state index in [4.69, 9.17) is 0 Å². The van der Waals surface area contributed by atoms with E-state index in [0.717, 1.165) is 6.42 Å². The minimum Gasteiger partial charge on any atom is -0.352 e. The molecule has 0 saturated heterocycles. The Labute approximate surface area is 124 Å². The van der Waals surface area contributed by atoms with Gasteiger partial charge in [-0.25, -0.2) is 9.97 Å². The van der Waals surface area contributed by atoms with Crippen molar-refractivity contribution >= 4 is 11.9 Å². The minimum absolute atomic E-state index is 0.137. The molecule has 21 heavy (non-hydrogen) atoms. The van der Waals surface area contributed by atoms with Gasteiger partial charge in [-0.15, -0.1) is 0 Å². The highest BCUT2D eigenvalue weighted by Crippen LogP contribution is 2.07. The van der Waals surface area contributed by atoms with E-state index in [9.17, 15) is 4.79 Å². The van der Waals surface area contributed by atoms with Crippen LogP contribution in [0, 0.1) is 6.92 Å². The molecule has 2 aromatic rings. The Balaban J connectivity index is 1.92. The summed E-state index contributed by atoms with van der Waals surface area (Å²) in [6.45, 7) is 5.38. The van der Waals surface area contributed by atoms with Crippen LogP contribution in [0.3, 0.4) is 0 Å². The minimum atomic E-state index is -0.137. The first kappa shape index (κ1) is 15.0. The van der Waals surface area contributed by atoms with E-state index in [-0.39, 0.29) is 5.91 Å². The number of nitrogens with one attached hydrogen (secondary N) is 2. The first-order chi connectivity index (χ1) is 10.2. The summed E-state index contributed by atoms with van der Waals surface area (Å²) in [5.74, 6) is 0.380. The molecule has 5 nitrogen and oxygen atoms in total. The molecule has 0 aliphatic rings. The molecule has 0 aliphatic heterocycles. The van der Waals surface area contributed by atoms with Gasteiger partial charge in [-0.1, -0.05) is 36.8 Å². The van der Waals surface area contributed by atoms with Crippen molar-refractivity contribution < 1.29 is 4.79 Å². The zero-order valence-corrected chi connectivity index (χ0v) is 12.4. The summed E-state index contributed by atoms with van der Waals surface area (Å²) in [5.41, 5.74) is 2.87. The van der Waals surface area contributed by atoms with Gasteiger partial charge in [-0.2, -0.15) is 0 Å². The van der Waals surface area contributed by atoms with Crippen molar-refractivity contribution in [2.45, 2.75) is 26.8 Å². The lowest BCUT2D eigenvalue weighted by Gasteiger charge is -2.06. The molecule has 0 unspecified atom stereocenters. The Kier molecular flexibility index (Phi) is 5.26. The number of rotatable bonds is 6. The maximum absolute atomic E-state index is 11.7. The highest BCUT2D eigenvalue weighted by molar-refractivity contribution is 5.93. The average molecular weight is 284 g/mol.